The van der Waals surface area contributed by atoms with Gasteiger partial charge in [0.15, 0.2) is 0 Å². The van der Waals surface area contributed by atoms with Crippen molar-refractivity contribution in [2.24, 2.45) is 0 Å². The van der Waals surface area contributed by atoms with Crippen molar-refractivity contribution in [3.05, 3.63) is 24.3 Å². The van der Waals surface area contributed by atoms with Gasteiger partial charge in [-0.15, -0.1) is 12.4 Å². The van der Waals surface area contributed by atoms with Gasteiger partial charge in [0.1, 0.15) is 0 Å². The third kappa shape index (κ3) is 4.76. The Morgan fingerprint density at radius 2 is 1.62 bits per heavy atom. The molecule has 0 radical (unpaired) electrons. The van der Waals surface area contributed by atoms with E-state index < -0.39 is 20.0 Å². The number of sulfonamides is 2. The first-order valence-corrected chi connectivity index (χ1v) is 11.4. The zero-order chi connectivity index (χ0) is 18.7. The predicted molar refractivity (Wildman–Crippen MR) is 105 cm³/mol. The molecule has 1 N–H and O–H groups in total. The Balaban J connectivity index is 0.00000338. The normalized spacial score (nSPS) is 17.2. The lowest BCUT2D eigenvalue weighted by atomic mass is 10.1. The Morgan fingerprint density at radius 3 is 2.12 bits per heavy atom. The maximum absolute atomic E-state index is 12.9. The second-order valence-electron chi connectivity index (χ2n) is 6.03. The minimum Gasteiger partial charge on any atom is -0.317 e. The second kappa shape index (κ2) is 9.48. The highest BCUT2D eigenvalue weighted by Crippen LogP contribution is 2.24. The molecule has 150 valence electrons. The molecule has 0 aliphatic carbocycles. The van der Waals surface area contributed by atoms with Crippen LogP contribution in [0.1, 0.15) is 26.7 Å². The highest BCUT2D eigenvalue weighted by molar-refractivity contribution is 7.90. The first-order valence-electron chi connectivity index (χ1n) is 8.55. The molecule has 0 aromatic heterocycles. The monoisotopic (exact) mass is 425 g/mol. The largest absolute Gasteiger partial charge is 0.317 e. The van der Waals surface area contributed by atoms with E-state index in [2.05, 4.69) is 5.32 Å². The number of hydrogen-bond donors (Lipinski definition) is 1. The molecule has 26 heavy (non-hydrogen) atoms. The summed E-state index contributed by atoms with van der Waals surface area (Å²) >= 11 is 0. The van der Waals surface area contributed by atoms with Crippen molar-refractivity contribution in [2.75, 3.05) is 33.2 Å². The molecular formula is C16H28ClN3O4S2. The average molecular weight is 426 g/mol. The molecule has 1 aliphatic heterocycles. The van der Waals surface area contributed by atoms with Crippen LogP contribution >= 0.6 is 12.4 Å². The van der Waals surface area contributed by atoms with Crippen molar-refractivity contribution in [2.45, 2.75) is 42.5 Å². The third-order valence-electron chi connectivity index (χ3n) is 4.65. The van der Waals surface area contributed by atoms with Crippen LogP contribution in [0, 0.1) is 0 Å². The Bertz CT molecular complexity index is 787. The van der Waals surface area contributed by atoms with Gasteiger partial charge in [-0.25, -0.2) is 16.8 Å². The minimum absolute atomic E-state index is 0. The molecule has 1 fully saturated rings. The van der Waals surface area contributed by atoms with Crippen molar-refractivity contribution in [1.82, 2.24) is 13.9 Å². The van der Waals surface area contributed by atoms with Gasteiger partial charge in [-0.05, 0) is 38.1 Å². The van der Waals surface area contributed by atoms with Crippen molar-refractivity contribution < 1.29 is 16.8 Å². The topological polar surface area (TPSA) is 86.8 Å². The van der Waals surface area contributed by atoms with Gasteiger partial charge in [0.05, 0.1) is 9.79 Å². The Labute approximate surface area is 163 Å². The minimum atomic E-state index is -3.69. The molecule has 7 nitrogen and oxygen atoms in total. The molecule has 1 aliphatic rings. The van der Waals surface area contributed by atoms with Crippen LogP contribution in [0.3, 0.4) is 0 Å². The van der Waals surface area contributed by atoms with Crippen LogP contribution in [0.4, 0.5) is 0 Å². The zero-order valence-corrected chi connectivity index (χ0v) is 17.8. The SMILES string of the molecule is CCN(CC)S(=O)(=O)c1cccc(S(=O)(=O)N2CCC(NC)CC2)c1.Cl. The molecule has 1 aromatic carbocycles. The number of halogens is 1. The number of hydrogen-bond acceptors (Lipinski definition) is 5. The van der Waals surface area contributed by atoms with Crippen LogP contribution in [0.25, 0.3) is 0 Å². The van der Waals surface area contributed by atoms with Gasteiger partial charge in [-0.3, -0.25) is 0 Å². The van der Waals surface area contributed by atoms with E-state index in [0.717, 1.165) is 12.8 Å². The highest BCUT2D eigenvalue weighted by atomic mass is 35.5. The summed E-state index contributed by atoms with van der Waals surface area (Å²) in [4.78, 5) is 0.0472. The number of nitrogens with zero attached hydrogens (tertiary/aromatic N) is 2. The van der Waals surface area contributed by atoms with E-state index in [-0.39, 0.29) is 22.2 Å². The fourth-order valence-corrected chi connectivity index (χ4v) is 6.14. The smallest absolute Gasteiger partial charge is 0.243 e. The molecule has 0 atom stereocenters. The van der Waals surface area contributed by atoms with Gasteiger partial charge in [0.25, 0.3) is 0 Å². The summed E-state index contributed by atoms with van der Waals surface area (Å²) < 4.78 is 53.8. The summed E-state index contributed by atoms with van der Waals surface area (Å²) in [5, 5.41) is 3.16. The van der Waals surface area contributed by atoms with Crippen LogP contribution in [0.15, 0.2) is 34.1 Å². The van der Waals surface area contributed by atoms with Crippen molar-refractivity contribution in [3.8, 4) is 0 Å². The van der Waals surface area contributed by atoms with E-state index in [0.29, 0.717) is 32.2 Å². The molecular weight excluding hydrogens is 398 g/mol. The van der Waals surface area contributed by atoms with Crippen molar-refractivity contribution in [1.29, 1.82) is 0 Å². The fourth-order valence-electron chi connectivity index (χ4n) is 3.04. The van der Waals surface area contributed by atoms with Crippen LogP contribution in [-0.2, 0) is 20.0 Å². The van der Waals surface area contributed by atoms with E-state index in [4.69, 9.17) is 0 Å². The first kappa shape index (κ1) is 23.3. The number of piperidine rings is 1. The standard InChI is InChI=1S/C16H27N3O4S2.ClH/c1-4-18(5-2)24(20,21)15-7-6-8-16(13-15)25(22,23)19-11-9-14(17-3)10-12-19;/h6-8,13-14,17H,4-5,9-12H2,1-3H3;1H. The van der Waals surface area contributed by atoms with Gasteiger partial charge >= 0.3 is 0 Å². The highest BCUT2D eigenvalue weighted by Gasteiger charge is 2.30. The summed E-state index contributed by atoms with van der Waals surface area (Å²) in [6.07, 6.45) is 1.49. The number of nitrogens with one attached hydrogen (secondary N) is 1. The van der Waals surface area contributed by atoms with Crippen LogP contribution in [-0.4, -0.2) is 64.7 Å². The van der Waals surface area contributed by atoms with Crippen LogP contribution in [0.2, 0.25) is 0 Å². The van der Waals surface area contributed by atoms with Crippen molar-refractivity contribution >= 4 is 32.5 Å². The van der Waals surface area contributed by atoms with E-state index in [1.807, 2.05) is 7.05 Å². The molecule has 0 spiro atoms. The molecule has 1 heterocycles. The van der Waals surface area contributed by atoms with Crippen LogP contribution in [0.5, 0.6) is 0 Å². The summed E-state index contributed by atoms with van der Waals surface area (Å²) in [5.41, 5.74) is 0. The van der Waals surface area contributed by atoms with Gasteiger partial charge in [-0.2, -0.15) is 8.61 Å². The Morgan fingerprint density at radius 1 is 1.08 bits per heavy atom. The van der Waals surface area contributed by atoms with E-state index in [1.54, 1.807) is 13.8 Å². The summed E-state index contributed by atoms with van der Waals surface area (Å²) in [5.74, 6) is 0. The van der Waals surface area contributed by atoms with Crippen LogP contribution < -0.4 is 5.32 Å². The van der Waals surface area contributed by atoms with E-state index in [9.17, 15) is 16.8 Å². The van der Waals surface area contributed by atoms with Crippen molar-refractivity contribution in [3.63, 3.8) is 0 Å². The maximum Gasteiger partial charge on any atom is 0.243 e. The lowest BCUT2D eigenvalue weighted by Gasteiger charge is -2.31. The van der Waals surface area contributed by atoms with Gasteiger partial charge in [0, 0.05) is 32.2 Å². The number of rotatable bonds is 7. The zero-order valence-electron chi connectivity index (χ0n) is 15.4. The summed E-state index contributed by atoms with van der Waals surface area (Å²) in [7, 11) is -5.51. The quantitative estimate of drug-likeness (QED) is 0.715. The lowest BCUT2D eigenvalue weighted by molar-refractivity contribution is 0.298. The van der Waals surface area contributed by atoms with Gasteiger partial charge in [0.2, 0.25) is 20.0 Å². The van der Waals surface area contributed by atoms with E-state index >= 15 is 0 Å². The molecule has 1 saturated heterocycles. The summed E-state index contributed by atoms with van der Waals surface area (Å²) in [6.45, 7) is 5.06. The maximum atomic E-state index is 12.9. The molecule has 2 rings (SSSR count). The fraction of sp³-hybridized carbons (Fsp3) is 0.625. The summed E-state index contributed by atoms with van der Waals surface area (Å²) in [6, 6.07) is 5.98. The lowest BCUT2D eigenvalue weighted by Crippen LogP contribution is -2.43. The first-order chi connectivity index (χ1) is 11.8. The molecule has 1 aromatic rings. The molecule has 0 unspecified atom stereocenters. The predicted octanol–water partition coefficient (Wildman–Crippen LogP) is 1.51. The third-order valence-corrected chi connectivity index (χ3v) is 8.59. The Hall–Kier alpha value is -0.710. The molecule has 0 saturated carbocycles. The van der Waals surface area contributed by atoms with Gasteiger partial charge in [-0.1, -0.05) is 19.9 Å². The van der Waals surface area contributed by atoms with Gasteiger partial charge < -0.3 is 5.32 Å². The second-order valence-corrected chi connectivity index (χ2v) is 9.91. The average Bonchev–Trinajstić information content (AvgIpc) is 2.62. The molecule has 10 heteroatoms. The molecule has 0 bridgehead atoms. The Kier molecular flexibility index (Phi) is 8.50. The number of benzene rings is 1. The molecule has 0 amide bonds. The van der Waals surface area contributed by atoms with E-state index in [1.165, 1.54) is 32.9 Å².